The number of carbonyl (C=O) groups is 1. The molecule has 4 aliphatic carbocycles. The van der Waals surface area contributed by atoms with Crippen molar-refractivity contribution in [1.29, 1.82) is 0 Å². The van der Waals surface area contributed by atoms with Crippen LogP contribution in [-0.2, 0) is 11.3 Å². The van der Waals surface area contributed by atoms with Crippen molar-refractivity contribution in [2.24, 2.45) is 23.2 Å². The third-order valence-electron chi connectivity index (χ3n) is 6.66. The number of benzene rings is 1. The summed E-state index contributed by atoms with van der Waals surface area (Å²) < 4.78 is 0. The molecule has 0 N–H and O–H groups in total. The normalized spacial score (nSPS) is 34.6. The predicted molar refractivity (Wildman–Crippen MR) is 92.9 cm³/mol. The highest BCUT2D eigenvalue weighted by atomic mass is 16.2. The number of hydrogen-bond acceptors (Lipinski definition) is 1. The van der Waals surface area contributed by atoms with Crippen LogP contribution >= 0.6 is 0 Å². The highest BCUT2D eigenvalue weighted by Gasteiger charge is 2.51. The Morgan fingerprint density at radius 3 is 2.09 bits per heavy atom. The minimum absolute atomic E-state index is 0.354. The van der Waals surface area contributed by atoms with Crippen molar-refractivity contribution in [2.45, 2.75) is 58.4 Å². The highest BCUT2D eigenvalue weighted by molar-refractivity contribution is 5.76. The minimum atomic E-state index is 0.354. The molecule has 4 fully saturated rings. The Bertz CT molecular complexity index is 553. The third kappa shape index (κ3) is 3.05. The maximum Gasteiger partial charge on any atom is 0.223 e. The largest absolute Gasteiger partial charge is 0.341 e. The maximum atomic E-state index is 12.8. The van der Waals surface area contributed by atoms with Crippen LogP contribution in [0.25, 0.3) is 0 Å². The van der Waals surface area contributed by atoms with Gasteiger partial charge in [0.05, 0.1) is 0 Å². The molecule has 2 heteroatoms. The summed E-state index contributed by atoms with van der Waals surface area (Å²) in [6.45, 7) is 2.84. The molecule has 4 aliphatic rings. The number of hydrogen-bond donors (Lipinski definition) is 0. The van der Waals surface area contributed by atoms with Gasteiger partial charge in [-0.05, 0) is 74.2 Å². The molecule has 2 nitrogen and oxygen atoms in total. The van der Waals surface area contributed by atoms with Crippen LogP contribution in [0.2, 0.25) is 0 Å². The van der Waals surface area contributed by atoms with Gasteiger partial charge in [0.15, 0.2) is 0 Å². The Hall–Kier alpha value is -1.31. The van der Waals surface area contributed by atoms with Crippen molar-refractivity contribution in [3.63, 3.8) is 0 Å². The van der Waals surface area contributed by atoms with E-state index < -0.39 is 0 Å². The molecule has 0 saturated heterocycles. The molecule has 1 aromatic carbocycles. The van der Waals surface area contributed by atoms with E-state index >= 15 is 0 Å². The van der Waals surface area contributed by atoms with Gasteiger partial charge in [0.2, 0.25) is 5.91 Å². The quantitative estimate of drug-likeness (QED) is 0.798. The van der Waals surface area contributed by atoms with Crippen LogP contribution in [-0.4, -0.2) is 17.9 Å². The Balaban J connectivity index is 1.40. The third-order valence-corrected chi connectivity index (χ3v) is 6.66. The molecule has 0 aliphatic heterocycles. The zero-order chi connectivity index (χ0) is 16.0. The Morgan fingerprint density at radius 2 is 1.57 bits per heavy atom. The van der Waals surface area contributed by atoms with Crippen LogP contribution in [0, 0.1) is 30.1 Å². The average molecular weight is 311 g/mol. The minimum Gasteiger partial charge on any atom is -0.341 e. The van der Waals surface area contributed by atoms with Crippen LogP contribution in [0.1, 0.15) is 56.1 Å². The van der Waals surface area contributed by atoms with Gasteiger partial charge in [-0.2, -0.15) is 0 Å². The fourth-order valence-corrected chi connectivity index (χ4v) is 6.02. The van der Waals surface area contributed by atoms with E-state index in [1.54, 1.807) is 0 Å². The molecule has 1 aromatic rings. The van der Waals surface area contributed by atoms with Gasteiger partial charge in [-0.3, -0.25) is 4.79 Å². The lowest BCUT2D eigenvalue weighted by Crippen LogP contribution is -2.48. The van der Waals surface area contributed by atoms with Crippen molar-refractivity contribution in [3.8, 4) is 0 Å². The van der Waals surface area contributed by atoms with Crippen LogP contribution in [0.15, 0.2) is 24.3 Å². The Labute approximate surface area is 140 Å². The van der Waals surface area contributed by atoms with Crippen molar-refractivity contribution in [2.75, 3.05) is 7.05 Å². The summed E-state index contributed by atoms with van der Waals surface area (Å²) in [7, 11) is 1.97. The summed E-state index contributed by atoms with van der Waals surface area (Å²) >= 11 is 0. The first-order valence-corrected chi connectivity index (χ1v) is 9.31. The topological polar surface area (TPSA) is 20.3 Å². The highest BCUT2D eigenvalue weighted by Crippen LogP contribution is 2.61. The lowest BCUT2D eigenvalue weighted by atomic mass is 9.49. The second-order valence-electron chi connectivity index (χ2n) is 8.83. The van der Waals surface area contributed by atoms with E-state index in [1.165, 1.54) is 49.7 Å². The smallest absolute Gasteiger partial charge is 0.223 e. The zero-order valence-corrected chi connectivity index (χ0v) is 14.6. The van der Waals surface area contributed by atoms with Crippen molar-refractivity contribution >= 4 is 5.91 Å². The van der Waals surface area contributed by atoms with E-state index in [0.717, 1.165) is 30.7 Å². The first-order valence-electron chi connectivity index (χ1n) is 9.31. The molecule has 0 aromatic heterocycles. The summed E-state index contributed by atoms with van der Waals surface area (Å²) in [5.41, 5.74) is 2.86. The molecule has 0 atom stereocenters. The molecule has 0 unspecified atom stereocenters. The monoisotopic (exact) mass is 311 g/mol. The Morgan fingerprint density at radius 1 is 1.04 bits per heavy atom. The van der Waals surface area contributed by atoms with Crippen molar-refractivity contribution in [1.82, 2.24) is 4.90 Å². The maximum absolute atomic E-state index is 12.8. The Kier molecular flexibility index (Phi) is 3.74. The van der Waals surface area contributed by atoms with Gasteiger partial charge in [0.1, 0.15) is 0 Å². The number of aryl methyl sites for hydroxylation is 1. The molecule has 0 spiro atoms. The van der Waals surface area contributed by atoms with E-state index in [9.17, 15) is 4.79 Å². The SMILES string of the molecule is Cc1ccc(CN(C)C(=O)CC23CC4CC(CC(C4)C2)C3)cc1. The van der Waals surface area contributed by atoms with E-state index in [2.05, 4.69) is 31.2 Å². The molecule has 124 valence electrons. The van der Waals surface area contributed by atoms with Crippen molar-refractivity contribution < 1.29 is 4.79 Å². The fraction of sp³-hybridized carbons (Fsp3) is 0.667. The van der Waals surface area contributed by atoms with Crippen LogP contribution < -0.4 is 0 Å². The van der Waals surface area contributed by atoms with E-state index in [1.807, 2.05) is 11.9 Å². The van der Waals surface area contributed by atoms with Crippen LogP contribution in [0.3, 0.4) is 0 Å². The predicted octanol–water partition coefficient (Wildman–Crippen LogP) is 4.56. The van der Waals surface area contributed by atoms with Gasteiger partial charge >= 0.3 is 0 Å². The molecule has 0 radical (unpaired) electrons. The fourth-order valence-electron chi connectivity index (χ4n) is 6.02. The molecule has 5 rings (SSSR count). The van der Waals surface area contributed by atoms with Crippen LogP contribution in [0.4, 0.5) is 0 Å². The first-order chi connectivity index (χ1) is 11.0. The molecule has 0 heterocycles. The number of carbonyl (C=O) groups excluding carboxylic acids is 1. The van der Waals surface area contributed by atoms with Crippen LogP contribution in [0.5, 0.6) is 0 Å². The molecule has 23 heavy (non-hydrogen) atoms. The summed E-state index contributed by atoms with van der Waals surface area (Å²) in [5, 5.41) is 0. The summed E-state index contributed by atoms with van der Waals surface area (Å²) in [5.74, 6) is 3.14. The molecule has 1 amide bonds. The van der Waals surface area contributed by atoms with Crippen molar-refractivity contribution in [3.05, 3.63) is 35.4 Å². The lowest BCUT2D eigenvalue weighted by Gasteiger charge is -2.56. The molecular weight excluding hydrogens is 282 g/mol. The summed E-state index contributed by atoms with van der Waals surface area (Å²) in [6.07, 6.45) is 9.11. The number of amides is 1. The number of rotatable bonds is 4. The van der Waals surface area contributed by atoms with Gasteiger partial charge in [0.25, 0.3) is 0 Å². The van der Waals surface area contributed by atoms with Gasteiger partial charge in [0, 0.05) is 20.0 Å². The van der Waals surface area contributed by atoms with Gasteiger partial charge < -0.3 is 4.90 Å². The van der Waals surface area contributed by atoms with E-state index in [-0.39, 0.29) is 0 Å². The first kappa shape index (κ1) is 15.2. The molecular formula is C21H29NO. The van der Waals surface area contributed by atoms with E-state index in [4.69, 9.17) is 0 Å². The summed E-state index contributed by atoms with van der Waals surface area (Å²) in [4.78, 5) is 14.8. The van der Waals surface area contributed by atoms with Gasteiger partial charge in [-0.1, -0.05) is 29.8 Å². The second-order valence-corrected chi connectivity index (χ2v) is 8.83. The standard InChI is InChI=1S/C21H29NO/c1-15-3-5-16(6-4-15)14-22(2)20(23)13-21-10-17-7-18(11-21)9-19(8-17)12-21/h3-6,17-19H,7-14H2,1-2H3. The molecule has 4 saturated carbocycles. The average Bonchev–Trinajstić information content (AvgIpc) is 2.47. The summed E-state index contributed by atoms with van der Waals surface area (Å²) in [6, 6.07) is 8.55. The van der Waals surface area contributed by atoms with Gasteiger partial charge in [-0.15, -0.1) is 0 Å². The zero-order valence-electron chi connectivity index (χ0n) is 14.6. The second kappa shape index (κ2) is 5.65. The lowest BCUT2D eigenvalue weighted by molar-refractivity contribution is -0.138. The van der Waals surface area contributed by atoms with Gasteiger partial charge in [-0.25, -0.2) is 0 Å². The molecule has 4 bridgehead atoms. The van der Waals surface area contributed by atoms with E-state index in [0.29, 0.717) is 11.3 Å². The number of nitrogens with zero attached hydrogens (tertiary/aromatic N) is 1.